The van der Waals surface area contributed by atoms with Gasteiger partial charge in [-0.1, -0.05) is 6.42 Å². The predicted octanol–water partition coefficient (Wildman–Crippen LogP) is 2.83. The Bertz CT molecular complexity index is 487. The van der Waals surface area contributed by atoms with Crippen molar-refractivity contribution in [2.24, 2.45) is 5.92 Å². The van der Waals surface area contributed by atoms with Gasteiger partial charge in [-0.15, -0.1) is 0 Å². The van der Waals surface area contributed by atoms with Crippen molar-refractivity contribution >= 4 is 5.91 Å². The van der Waals surface area contributed by atoms with Crippen LogP contribution in [0.25, 0.3) is 0 Å². The Kier molecular flexibility index (Phi) is 5.03. The van der Waals surface area contributed by atoms with E-state index in [1.54, 1.807) is 6.07 Å². The molecule has 0 saturated heterocycles. The Labute approximate surface area is 120 Å². The number of rotatable bonds is 6. The predicted molar refractivity (Wildman–Crippen MR) is 69.6 cm³/mol. The van der Waals surface area contributed by atoms with Gasteiger partial charge in [0.25, 0.3) is 0 Å². The minimum absolute atomic E-state index is 0.0331. The van der Waals surface area contributed by atoms with E-state index in [1.165, 1.54) is 18.7 Å². The van der Waals surface area contributed by atoms with E-state index in [9.17, 15) is 18.0 Å². The van der Waals surface area contributed by atoms with Gasteiger partial charge in [0.2, 0.25) is 11.8 Å². The average molecular weight is 302 g/mol. The van der Waals surface area contributed by atoms with Gasteiger partial charge < -0.3 is 10.1 Å². The Morgan fingerprint density at radius 2 is 2.19 bits per heavy atom. The lowest BCUT2D eigenvalue weighted by Crippen LogP contribution is -2.27. The lowest BCUT2D eigenvalue weighted by molar-refractivity contribution is -0.154. The van der Waals surface area contributed by atoms with E-state index in [2.05, 4.69) is 15.0 Å². The molecule has 1 fully saturated rings. The van der Waals surface area contributed by atoms with Crippen LogP contribution < -0.4 is 10.1 Å². The fourth-order valence-electron chi connectivity index (χ4n) is 2.03. The summed E-state index contributed by atoms with van der Waals surface area (Å²) in [4.78, 5) is 15.4. The number of aromatic nitrogens is 1. The summed E-state index contributed by atoms with van der Waals surface area (Å²) in [5, 5.41) is 2.75. The number of carbonyl (C=O) groups is 1. The zero-order valence-electron chi connectivity index (χ0n) is 11.4. The van der Waals surface area contributed by atoms with E-state index in [1.807, 2.05) is 0 Å². The van der Waals surface area contributed by atoms with Crippen molar-refractivity contribution in [3.8, 4) is 5.88 Å². The summed E-state index contributed by atoms with van der Waals surface area (Å²) < 4.78 is 40.7. The third kappa shape index (κ3) is 5.61. The molecule has 0 spiro atoms. The summed E-state index contributed by atoms with van der Waals surface area (Å²) in [6, 6.07) is 3.03. The summed E-state index contributed by atoms with van der Waals surface area (Å²) in [5.41, 5.74) is 0.657. The van der Waals surface area contributed by atoms with Crippen molar-refractivity contribution in [3.05, 3.63) is 23.9 Å². The second kappa shape index (κ2) is 6.78. The highest BCUT2D eigenvalue weighted by Gasteiger charge is 2.28. The second-order valence-corrected chi connectivity index (χ2v) is 5.18. The third-order valence-electron chi connectivity index (χ3n) is 3.37. The maximum Gasteiger partial charge on any atom is 0.422 e. The van der Waals surface area contributed by atoms with Crippen LogP contribution in [0.2, 0.25) is 0 Å². The first-order valence-corrected chi connectivity index (χ1v) is 6.83. The Morgan fingerprint density at radius 1 is 1.43 bits per heavy atom. The van der Waals surface area contributed by atoms with Crippen LogP contribution in [0, 0.1) is 5.92 Å². The number of pyridine rings is 1. The SMILES string of the molecule is O=C(CC1CCC1)NCc1ccnc(OCC(F)(F)F)c1. The highest BCUT2D eigenvalue weighted by molar-refractivity contribution is 5.76. The fourth-order valence-corrected chi connectivity index (χ4v) is 2.03. The van der Waals surface area contributed by atoms with E-state index in [0.717, 1.165) is 12.8 Å². The Morgan fingerprint density at radius 3 is 2.81 bits per heavy atom. The average Bonchev–Trinajstić information content (AvgIpc) is 2.38. The van der Waals surface area contributed by atoms with Gasteiger partial charge in [0.15, 0.2) is 6.61 Å². The van der Waals surface area contributed by atoms with Gasteiger partial charge >= 0.3 is 6.18 Å². The number of hydrogen-bond acceptors (Lipinski definition) is 3. The molecule has 1 aliphatic carbocycles. The largest absolute Gasteiger partial charge is 0.468 e. The molecular weight excluding hydrogens is 285 g/mol. The molecule has 4 nitrogen and oxygen atoms in total. The first kappa shape index (κ1) is 15.6. The van der Waals surface area contributed by atoms with Gasteiger partial charge in [-0.3, -0.25) is 4.79 Å². The summed E-state index contributed by atoms with van der Waals surface area (Å²) >= 11 is 0. The highest BCUT2D eigenvalue weighted by Crippen LogP contribution is 2.29. The summed E-state index contributed by atoms with van der Waals surface area (Å²) in [6.07, 6.45) is 0.856. The van der Waals surface area contributed by atoms with E-state index in [-0.39, 0.29) is 18.3 Å². The van der Waals surface area contributed by atoms with Crippen molar-refractivity contribution in [3.63, 3.8) is 0 Å². The van der Waals surface area contributed by atoms with Gasteiger partial charge in [-0.25, -0.2) is 4.98 Å². The molecule has 1 aliphatic rings. The van der Waals surface area contributed by atoms with Crippen molar-refractivity contribution in [1.82, 2.24) is 10.3 Å². The van der Waals surface area contributed by atoms with Crippen LogP contribution in [0.1, 0.15) is 31.2 Å². The first-order valence-electron chi connectivity index (χ1n) is 6.83. The zero-order chi connectivity index (χ0) is 15.3. The molecule has 21 heavy (non-hydrogen) atoms. The van der Waals surface area contributed by atoms with Crippen LogP contribution in [0.4, 0.5) is 13.2 Å². The quantitative estimate of drug-likeness (QED) is 0.879. The van der Waals surface area contributed by atoms with Crippen molar-refractivity contribution in [1.29, 1.82) is 0 Å². The Hall–Kier alpha value is -1.79. The van der Waals surface area contributed by atoms with E-state index in [4.69, 9.17) is 0 Å². The molecule has 1 heterocycles. The molecule has 1 saturated carbocycles. The Balaban J connectivity index is 1.78. The van der Waals surface area contributed by atoms with E-state index >= 15 is 0 Å². The molecule has 1 aromatic heterocycles. The van der Waals surface area contributed by atoms with E-state index < -0.39 is 12.8 Å². The zero-order valence-corrected chi connectivity index (χ0v) is 11.4. The number of hydrogen-bond donors (Lipinski definition) is 1. The van der Waals surface area contributed by atoms with Gasteiger partial charge in [0, 0.05) is 25.2 Å². The van der Waals surface area contributed by atoms with Crippen molar-refractivity contribution in [2.45, 2.75) is 38.4 Å². The first-order chi connectivity index (χ1) is 9.92. The summed E-state index contributed by atoms with van der Waals surface area (Å²) in [7, 11) is 0. The van der Waals surface area contributed by atoms with Crippen molar-refractivity contribution < 1.29 is 22.7 Å². The molecule has 1 N–H and O–H groups in total. The second-order valence-electron chi connectivity index (χ2n) is 5.18. The topological polar surface area (TPSA) is 51.2 Å². The monoisotopic (exact) mass is 302 g/mol. The molecule has 0 aliphatic heterocycles. The number of nitrogens with zero attached hydrogens (tertiary/aromatic N) is 1. The number of amides is 1. The minimum atomic E-state index is -4.39. The number of ether oxygens (including phenoxy) is 1. The molecule has 2 rings (SSSR count). The smallest absolute Gasteiger partial charge is 0.422 e. The summed E-state index contributed by atoms with van der Waals surface area (Å²) in [5.74, 6) is 0.348. The molecule has 0 radical (unpaired) electrons. The lowest BCUT2D eigenvalue weighted by atomic mass is 9.83. The summed E-state index contributed by atoms with van der Waals surface area (Å²) in [6.45, 7) is -1.12. The normalized spacial score (nSPS) is 15.4. The number of nitrogens with one attached hydrogen (secondary N) is 1. The van der Waals surface area contributed by atoms with Crippen LogP contribution in [0.5, 0.6) is 5.88 Å². The molecule has 0 bridgehead atoms. The highest BCUT2D eigenvalue weighted by atomic mass is 19.4. The molecule has 0 unspecified atom stereocenters. The van der Waals surface area contributed by atoms with Crippen molar-refractivity contribution in [2.75, 3.05) is 6.61 Å². The number of alkyl halides is 3. The minimum Gasteiger partial charge on any atom is -0.468 e. The molecule has 0 aromatic carbocycles. The maximum atomic E-state index is 12.0. The molecule has 1 amide bonds. The number of halogens is 3. The van der Waals surface area contributed by atoms with Crippen LogP contribution in [-0.4, -0.2) is 23.7 Å². The molecule has 0 atom stereocenters. The lowest BCUT2D eigenvalue weighted by Gasteiger charge is -2.24. The number of carbonyl (C=O) groups excluding carboxylic acids is 1. The molecular formula is C14H17F3N2O2. The van der Waals surface area contributed by atoms with Crippen LogP contribution >= 0.6 is 0 Å². The molecule has 116 valence electrons. The van der Waals surface area contributed by atoms with Gasteiger partial charge in [-0.2, -0.15) is 13.2 Å². The van der Waals surface area contributed by atoms with Gasteiger partial charge in [-0.05, 0) is 30.4 Å². The van der Waals surface area contributed by atoms with Crippen LogP contribution in [0.15, 0.2) is 18.3 Å². The third-order valence-corrected chi connectivity index (χ3v) is 3.37. The standard InChI is InChI=1S/C14H17F3N2O2/c15-14(16,17)9-21-13-7-11(4-5-18-13)8-19-12(20)6-10-2-1-3-10/h4-5,7,10H,1-3,6,8-9H2,(H,19,20). The van der Waals surface area contributed by atoms with E-state index in [0.29, 0.717) is 17.9 Å². The molecule has 1 aromatic rings. The fraction of sp³-hybridized carbons (Fsp3) is 0.571. The van der Waals surface area contributed by atoms with Gasteiger partial charge in [0.05, 0.1) is 0 Å². The van der Waals surface area contributed by atoms with Crippen LogP contribution in [0.3, 0.4) is 0 Å². The molecule has 7 heteroatoms. The maximum absolute atomic E-state index is 12.0. The van der Waals surface area contributed by atoms with Crippen LogP contribution in [-0.2, 0) is 11.3 Å². The van der Waals surface area contributed by atoms with Gasteiger partial charge in [0.1, 0.15) is 0 Å².